The highest BCUT2D eigenvalue weighted by atomic mass is 16.4. The molecule has 2 unspecified atom stereocenters. The Morgan fingerprint density at radius 2 is 2.06 bits per heavy atom. The van der Waals surface area contributed by atoms with Gasteiger partial charge in [-0.15, -0.1) is 0 Å². The van der Waals surface area contributed by atoms with Gasteiger partial charge in [0.25, 0.3) is 0 Å². The van der Waals surface area contributed by atoms with E-state index in [1.165, 1.54) is 0 Å². The van der Waals surface area contributed by atoms with Crippen LogP contribution in [-0.2, 0) is 11.2 Å². The fraction of sp³-hybridized carbons (Fsp3) is 0.429. The Balaban J connectivity index is 1.86. The zero-order valence-electron chi connectivity index (χ0n) is 10.3. The standard InChI is InChI=1S/C14H17NO3/c1-9-8-12(9)13(16)15-7-6-10-4-2-3-5-11(10)14(17)18/h2-5,9,12H,6-8H2,1H3,(H,15,16)(H,17,18). The van der Waals surface area contributed by atoms with Gasteiger partial charge >= 0.3 is 5.97 Å². The van der Waals surface area contributed by atoms with E-state index in [2.05, 4.69) is 12.2 Å². The van der Waals surface area contributed by atoms with Crippen molar-refractivity contribution in [3.63, 3.8) is 0 Å². The smallest absolute Gasteiger partial charge is 0.335 e. The monoisotopic (exact) mass is 247 g/mol. The summed E-state index contributed by atoms with van der Waals surface area (Å²) in [5, 5.41) is 11.9. The maximum atomic E-state index is 11.6. The Labute approximate surface area is 106 Å². The third-order valence-electron chi connectivity index (χ3n) is 3.39. The normalized spacial score (nSPS) is 21.4. The summed E-state index contributed by atoms with van der Waals surface area (Å²) in [6.07, 6.45) is 1.52. The summed E-state index contributed by atoms with van der Waals surface area (Å²) < 4.78 is 0. The van der Waals surface area contributed by atoms with Crippen LogP contribution in [0.5, 0.6) is 0 Å². The lowest BCUT2D eigenvalue weighted by Gasteiger charge is -2.07. The number of amides is 1. The Morgan fingerprint density at radius 3 is 2.67 bits per heavy atom. The van der Waals surface area contributed by atoms with E-state index in [1.54, 1.807) is 18.2 Å². The first-order valence-corrected chi connectivity index (χ1v) is 6.18. The number of carbonyl (C=O) groups is 2. The summed E-state index contributed by atoms with van der Waals surface area (Å²) in [7, 11) is 0. The lowest BCUT2D eigenvalue weighted by atomic mass is 10.0. The molecule has 0 aliphatic heterocycles. The Bertz CT molecular complexity index is 470. The molecule has 0 saturated heterocycles. The van der Waals surface area contributed by atoms with Gasteiger partial charge < -0.3 is 10.4 Å². The van der Waals surface area contributed by atoms with Crippen LogP contribution in [0.4, 0.5) is 0 Å². The predicted octanol–water partition coefficient (Wildman–Crippen LogP) is 1.70. The summed E-state index contributed by atoms with van der Waals surface area (Å²) in [5.74, 6) is -0.168. The number of hydrogen-bond donors (Lipinski definition) is 2. The SMILES string of the molecule is CC1CC1C(=O)NCCc1ccccc1C(=O)O. The van der Waals surface area contributed by atoms with Gasteiger partial charge in [-0.2, -0.15) is 0 Å². The molecule has 4 nitrogen and oxygen atoms in total. The molecular formula is C14H17NO3. The number of rotatable bonds is 5. The molecule has 2 rings (SSSR count). The van der Waals surface area contributed by atoms with Crippen LogP contribution in [-0.4, -0.2) is 23.5 Å². The highest BCUT2D eigenvalue weighted by Gasteiger charge is 2.38. The zero-order valence-corrected chi connectivity index (χ0v) is 10.3. The highest BCUT2D eigenvalue weighted by Crippen LogP contribution is 2.37. The molecule has 0 aromatic heterocycles. The van der Waals surface area contributed by atoms with Crippen molar-refractivity contribution in [3.8, 4) is 0 Å². The first-order valence-electron chi connectivity index (χ1n) is 6.18. The van der Waals surface area contributed by atoms with Gasteiger partial charge in [0.05, 0.1) is 5.56 Å². The van der Waals surface area contributed by atoms with E-state index in [0.717, 1.165) is 12.0 Å². The number of aromatic carboxylic acids is 1. The summed E-state index contributed by atoms with van der Waals surface area (Å²) in [6.45, 7) is 2.55. The average molecular weight is 247 g/mol. The van der Waals surface area contributed by atoms with Crippen molar-refractivity contribution in [1.29, 1.82) is 0 Å². The molecule has 0 bridgehead atoms. The molecule has 4 heteroatoms. The van der Waals surface area contributed by atoms with Crippen LogP contribution in [0.1, 0.15) is 29.3 Å². The van der Waals surface area contributed by atoms with E-state index >= 15 is 0 Å². The summed E-state index contributed by atoms with van der Waals surface area (Å²) in [6, 6.07) is 6.89. The molecule has 2 atom stereocenters. The van der Waals surface area contributed by atoms with Crippen molar-refractivity contribution in [3.05, 3.63) is 35.4 Å². The number of hydrogen-bond acceptors (Lipinski definition) is 2. The van der Waals surface area contributed by atoms with Gasteiger partial charge in [0.1, 0.15) is 0 Å². The van der Waals surface area contributed by atoms with Crippen molar-refractivity contribution in [2.45, 2.75) is 19.8 Å². The minimum absolute atomic E-state index is 0.0929. The summed E-state index contributed by atoms with van der Waals surface area (Å²) in [5.41, 5.74) is 1.07. The topological polar surface area (TPSA) is 66.4 Å². The molecule has 1 aliphatic carbocycles. The van der Waals surface area contributed by atoms with Gasteiger partial charge in [0.15, 0.2) is 0 Å². The van der Waals surface area contributed by atoms with Crippen LogP contribution < -0.4 is 5.32 Å². The minimum Gasteiger partial charge on any atom is -0.478 e. The van der Waals surface area contributed by atoms with E-state index in [1.807, 2.05) is 6.07 Å². The minimum atomic E-state index is -0.923. The second-order valence-electron chi connectivity index (χ2n) is 4.82. The fourth-order valence-electron chi connectivity index (χ4n) is 2.09. The van der Waals surface area contributed by atoms with Crippen LogP contribution in [0.25, 0.3) is 0 Å². The van der Waals surface area contributed by atoms with Crippen molar-refractivity contribution in [2.75, 3.05) is 6.54 Å². The van der Waals surface area contributed by atoms with Crippen LogP contribution in [0, 0.1) is 11.8 Å². The molecule has 1 aliphatic rings. The molecular weight excluding hydrogens is 230 g/mol. The second-order valence-corrected chi connectivity index (χ2v) is 4.82. The summed E-state index contributed by atoms with van der Waals surface area (Å²) in [4.78, 5) is 22.6. The van der Waals surface area contributed by atoms with Gasteiger partial charge in [-0.3, -0.25) is 4.79 Å². The first kappa shape index (κ1) is 12.6. The maximum Gasteiger partial charge on any atom is 0.335 e. The van der Waals surface area contributed by atoms with Gasteiger partial charge in [-0.25, -0.2) is 4.79 Å². The number of carboxylic acids is 1. The van der Waals surface area contributed by atoms with Crippen molar-refractivity contribution >= 4 is 11.9 Å². The Morgan fingerprint density at radius 1 is 1.39 bits per heavy atom. The molecule has 0 heterocycles. The number of nitrogens with one attached hydrogen (secondary N) is 1. The van der Waals surface area contributed by atoms with Gasteiger partial charge in [0.2, 0.25) is 5.91 Å². The van der Waals surface area contributed by atoms with E-state index in [-0.39, 0.29) is 11.8 Å². The largest absolute Gasteiger partial charge is 0.478 e. The van der Waals surface area contributed by atoms with Crippen LogP contribution in [0.15, 0.2) is 24.3 Å². The lowest BCUT2D eigenvalue weighted by molar-refractivity contribution is -0.122. The third-order valence-corrected chi connectivity index (χ3v) is 3.39. The Hall–Kier alpha value is -1.84. The zero-order chi connectivity index (χ0) is 13.1. The van der Waals surface area contributed by atoms with Gasteiger partial charge in [-0.05, 0) is 30.4 Å². The van der Waals surface area contributed by atoms with E-state index in [9.17, 15) is 9.59 Å². The van der Waals surface area contributed by atoms with E-state index in [0.29, 0.717) is 24.4 Å². The maximum absolute atomic E-state index is 11.6. The molecule has 1 saturated carbocycles. The van der Waals surface area contributed by atoms with Crippen molar-refractivity contribution in [1.82, 2.24) is 5.32 Å². The quantitative estimate of drug-likeness (QED) is 0.832. The molecule has 1 aromatic rings. The molecule has 0 radical (unpaired) electrons. The fourth-order valence-corrected chi connectivity index (χ4v) is 2.09. The molecule has 1 aromatic carbocycles. The predicted molar refractivity (Wildman–Crippen MR) is 67.4 cm³/mol. The van der Waals surface area contributed by atoms with Crippen LogP contribution in [0.2, 0.25) is 0 Å². The van der Waals surface area contributed by atoms with Crippen LogP contribution >= 0.6 is 0 Å². The Kier molecular flexibility index (Phi) is 3.65. The van der Waals surface area contributed by atoms with Gasteiger partial charge in [-0.1, -0.05) is 25.1 Å². The molecule has 1 fully saturated rings. The summed E-state index contributed by atoms with van der Waals surface area (Å²) >= 11 is 0. The molecule has 0 spiro atoms. The van der Waals surface area contributed by atoms with Crippen molar-refractivity contribution < 1.29 is 14.7 Å². The number of benzene rings is 1. The third kappa shape index (κ3) is 2.88. The van der Waals surface area contributed by atoms with E-state index < -0.39 is 5.97 Å². The van der Waals surface area contributed by atoms with Crippen molar-refractivity contribution in [2.24, 2.45) is 11.8 Å². The van der Waals surface area contributed by atoms with Crippen LogP contribution in [0.3, 0.4) is 0 Å². The molecule has 2 N–H and O–H groups in total. The lowest BCUT2D eigenvalue weighted by Crippen LogP contribution is -2.27. The second kappa shape index (κ2) is 5.21. The first-order chi connectivity index (χ1) is 8.59. The average Bonchev–Trinajstić information content (AvgIpc) is 3.07. The molecule has 1 amide bonds. The highest BCUT2D eigenvalue weighted by molar-refractivity contribution is 5.89. The van der Waals surface area contributed by atoms with E-state index in [4.69, 9.17) is 5.11 Å². The number of carboxylic acid groups (broad SMARTS) is 1. The van der Waals surface area contributed by atoms with Gasteiger partial charge in [0, 0.05) is 12.5 Å². The molecule has 18 heavy (non-hydrogen) atoms. The number of carbonyl (C=O) groups excluding carboxylic acids is 1. The molecule has 96 valence electrons.